The Kier molecular flexibility index (Phi) is 6.92. The fourth-order valence-electron chi connectivity index (χ4n) is 2.71. The van der Waals surface area contributed by atoms with Crippen LogP contribution in [0, 0.1) is 6.92 Å². The minimum atomic E-state index is -4.15. The predicted molar refractivity (Wildman–Crippen MR) is 92.1 cm³/mol. The first-order valence-electron chi connectivity index (χ1n) is 8.31. The molecule has 1 saturated heterocycles. The number of rotatable bonds is 6. The highest BCUT2D eigenvalue weighted by molar-refractivity contribution is 5.80. The Morgan fingerprint density at radius 2 is 2.04 bits per heavy atom. The van der Waals surface area contributed by atoms with Crippen LogP contribution < -0.4 is 15.4 Å². The summed E-state index contributed by atoms with van der Waals surface area (Å²) in [4.78, 5) is 5.51. The van der Waals surface area contributed by atoms with Gasteiger partial charge in [-0.25, -0.2) is 0 Å². The summed E-state index contributed by atoms with van der Waals surface area (Å²) in [6.45, 7) is 2.97. The first kappa shape index (κ1) is 19.4. The number of guanidine groups is 1. The molecule has 1 aliphatic rings. The Labute approximate surface area is 146 Å². The SMILES string of the molecule is CN=C(NCCOc1ccc(C)cc1)NC1CCN(CC(F)(F)F)C1. The molecule has 0 bridgehead atoms. The van der Waals surface area contributed by atoms with Crippen LogP contribution in [0.25, 0.3) is 0 Å². The quantitative estimate of drug-likeness (QED) is 0.465. The monoisotopic (exact) mass is 358 g/mol. The number of halogens is 3. The van der Waals surface area contributed by atoms with E-state index in [1.807, 2.05) is 31.2 Å². The normalized spacial score (nSPS) is 19.1. The van der Waals surface area contributed by atoms with Crippen LogP contribution in [0.1, 0.15) is 12.0 Å². The van der Waals surface area contributed by atoms with E-state index in [-0.39, 0.29) is 6.04 Å². The average molecular weight is 358 g/mol. The number of likely N-dealkylation sites (tertiary alicyclic amines) is 1. The van der Waals surface area contributed by atoms with E-state index >= 15 is 0 Å². The molecule has 1 atom stereocenters. The first-order chi connectivity index (χ1) is 11.9. The fraction of sp³-hybridized carbons (Fsp3) is 0.588. The van der Waals surface area contributed by atoms with Gasteiger partial charge in [-0.05, 0) is 25.5 Å². The second-order valence-corrected chi connectivity index (χ2v) is 6.14. The molecule has 8 heteroatoms. The van der Waals surface area contributed by atoms with Gasteiger partial charge < -0.3 is 15.4 Å². The van der Waals surface area contributed by atoms with E-state index in [1.165, 1.54) is 10.5 Å². The summed E-state index contributed by atoms with van der Waals surface area (Å²) in [6.07, 6.45) is -3.49. The molecule has 1 aromatic rings. The van der Waals surface area contributed by atoms with E-state index in [1.54, 1.807) is 7.05 Å². The van der Waals surface area contributed by atoms with Crippen molar-refractivity contribution < 1.29 is 17.9 Å². The van der Waals surface area contributed by atoms with Crippen molar-refractivity contribution in [2.45, 2.75) is 25.6 Å². The van der Waals surface area contributed by atoms with Crippen molar-refractivity contribution in [3.63, 3.8) is 0 Å². The maximum absolute atomic E-state index is 12.4. The molecule has 0 aromatic heterocycles. The molecule has 1 unspecified atom stereocenters. The van der Waals surface area contributed by atoms with Gasteiger partial charge in [-0.2, -0.15) is 13.2 Å². The lowest BCUT2D eigenvalue weighted by atomic mass is 10.2. The molecule has 1 fully saturated rings. The maximum atomic E-state index is 12.4. The van der Waals surface area contributed by atoms with Gasteiger partial charge in [0, 0.05) is 26.2 Å². The highest BCUT2D eigenvalue weighted by atomic mass is 19.4. The Balaban J connectivity index is 1.66. The van der Waals surface area contributed by atoms with Gasteiger partial charge in [-0.1, -0.05) is 17.7 Å². The van der Waals surface area contributed by atoms with Gasteiger partial charge in [0.1, 0.15) is 12.4 Å². The van der Waals surface area contributed by atoms with E-state index in [4.69, 9.17) is 4.74 Å². The molecular formula is C17H25F3N4O. The number of hydrogen-bond acceptors (Lipinski definition) is 3. The summed E-state index contributed by atoms with van der Waals surface area (Å²) in [5, 5.41) is 6.28. The lowest BCUT2D eigenvalue weighted by Crippen LogP contribution is -2.46. The zero-order chi connectivity index (χ0) is 18.3. The van der Waals surface area contributed by atoms with Crippen LogP contribution in [0.15, 0.2) is 29.3 Å². The summed E-state index contributed by atoms with van der Waals surface area (Å²) in [5.41, 5.74) is 1.17. The van der Waals surface area contributed by atoms with Crippen LogP contribution in [0.4, 0.5) is 13.2 Å². The minimum Gasteiger partial charge on any atom is -0.492 e. The number of aryl methyl sites for hydroxylation is 1. The van der Waals surface area contributed by atoms with E-state index < -0.39 is 12.7 Å². The van der Waals surface area contributed by atoms with Crippen LogP contribution in [0.3, 0.4) is 0 Å². The van der Waals surface area contributed by atoms with Crippen molar-refractivity contribution in [1.82, 2.24) is 15.5 Å². The van der Waals surface area contributed by atoms with Gasteiger partial charge in [0.2, 0.25) is 0 Å². The van der Waals surface area contributed by atoms with Crippen molar-refractivity contribution in [2.24, 2.45) is 4.99 Å². The lowest BCUT2D eigenvalue weighted by molar-refractivity contribution is -0.143. The lowest BCUT2D eigenvalue weighted by Gasteiger charge is -2.19. The van der Waals surface area contributed by atoms with Crippen LogP contribution in [-0.2, 0) is 0 Å². The molecule has 0 aliphatic carbocycles. The number of alkyl halides is 3. The molecule has 140 valence electrons. The second kappa shape index (κ2) is 8.94. The number of nitrogens with one attached hydrogen (secondary N) is 2. The van der Waals surface area contributed by atoms with E-state index in [9.17, 15) is 13.2 Å². The smallest absolute Gasteiger partial charge is 0.401 e. The number of ether oxygens (including phenoxy) is 1. The molecule has 0 radical (unpaired) electrons. The van der Waals surface area contributed by atoms with Gasteiger partial charge in [-0.3, -0.25) is 9.89 Å². The third-order valence-corrected chi connectivity index (χ3v) is 3.92. The summed E-state index contributed by atoms with van der Waals surface area (Å²) in [5.74, 6) is 1.38. The fourth-order valence-corrected chi connectivity index (χ4v) is 2.71. The molecule has 1 aromatic carbocycles. The highest BCUT2D eigenvalue weighted by Crippen LogP contribution is 2.19. The zero-order valence-corrected chi connectivity index (χ0v) is 14.6. The third kappa shape index (κ3) is 7.21. The molecule has 2 rings (SSSR count). The van der Waals surface area contributed by atoms with Crippen LogP contribution in [-0.4, -0.2) is 62.9 Å². The number of benzene rings is 1. The molecule has 25 heavy (non-hydrogen) atoms. The second-order valence-electron chi connectivity index (χ2n) is 6.14. The van der Waals surface area contributed by atoms with Crippen molar-refractivity contribution in [3.05, 3.63) is 29.8 Å². The molecular weight excluding hydrogens is 333 g/mol. The van der Waals surface area contributed by atoms with E-state index in [0.29, 0.717) is 38.6 Å². The molecule has 1 aliphatic heterocycles. The van der Waals surface area contributed by atoms with Crippen LogP contribution in [0.2, 0.25) is 0 Å². The molecule has 2 N–H and O–H groups in total. The van der Waals surface area contributed by atoms with Gasteiger partial charge >= 0.3 is 6.18 Å². The van der Waals surface area contributed by atoms with E-state index in [2.05, 4.69) is 15.6 Å². The predicted octanol–water partition coefficient (Wildman–Crippen LogP) is 2.18. The van der Waals surface area contributed by atoms with E-state index in [0.717, 1.165) is 5.75 Å². The highest BCUT2D eigenvalue weighted by Gasteiger charge is 2.34. The molecule has 0 amide bonds. The topological polar surface area (TPSA) is 48.9 Å². The summed E-state index contributed by atoms with van der Waals surface area (Å²) >= 11 is 0. The number of nitrogens with zero attached hydrogens (tertiary/aromatic N) is 2. The molecule has 0 saturated carbocycles. The summed E-state index contributed by atoms with van der Waals surface area (Å²) in [6, 6.07) is 7.75. The molecule has 5 nitrogen and oxygen atoms in total. The summed E-state index contributed by atoms with van der Waals surface area (Å²) < 4.78 is 42.9. The Bertz CT molecular complexity index is 560. The zero-order valence-electron chi connectivity index (χ0n) is 14.6. The van der Waals surface area contributed by atoms with Crippen LogP contribution >= 0.6 is 0 Å². The Hall–Kier alpha value is -1.96. The standard InChI is InChI=1S/C17H25F3N4O/c1-13-3-5-15(6-4-13)25-10-8-22-16(21-2)23-14-7-9-24(11-14)12-17(18,19)20/h3-6,14H,7-12H2,1-2H3,(H2,21,22,23). The molecule has 0 spiro atoms. The Morgan fingerprint density at radius 3 is 2.68 bits per heavy atom. The Morgan fingerprint density at radius 1 is 1.32 bits per heavy atom. The van der Waals surface area contributed by atoms with Crippen molar-refractivity contribution in [2.75, 3.05) is 39.8 Å². The molecule has 1 heterocycles. The average Bonchev–Trinajstić information content (AvgIpc) is 2.97. The van der Waals surface area contributed by atoms with Crippen molar-refractivity contribution in [1.29, 1.82) is 0 Å². The number of aliphatic imine (C=N–C) groups is 1. The number of hydrogen-bond donors (Lipinski definition) is 2. The summed E-state index contributed by atoms with van der Waals surface area (Å²) in [7, 11) is 1.64. The van der Waals surface area contributed by atoms with Crippen LogP contribution in [0.5, 0.6) is 5.75 Å². The largest absolute Gasteiger partial charge is 0.492 e. The maximum Gasteiger partial charge on any atom is 0.401 e. The van der Waals surface area contributed by atoms with Gasteiger partial charge in [-0.15, -0.1) is 0 Å². The third-order valence-electron chi connectivity index (χ3n) is 3.92. The van der Waals surface area contributed by atoms with Gasteiger partial charge in [0.15, 0.2) is 5.96 Å². The van der Waals surface area contributed by atoms with Crippen molar-refractivity contribution in [3.8, 4) is 5.75 Å². The van der Waals surface area contributed by atoms with Crippen molar-refractivity contribution >= 4 is 5.96 Å². The van der Waals surface area contributed by atoms with Gasteiger partial charge in [0.05, 0.1) is 13.1 Å². The van der Waals surface area contributed by atoms with Gasteiger partial charge in [0.25, 0.3) is 0 Å². The minimum absolute atomic E-state index is 0.0356. The first-order valence-corrected chi connectivity index (χ1v) is 8.31.